The molecular formula is C16H23NO3. The highest BCUT2D eigenvalue weighted by Gasteiger charge is 2.18. The molecule has 1 saturated heterocycles. The summed E-state index contributed by atoms with van der Waals surface area (Å²) >= 11 is 0. The SMILES string of the molecule is CC(CNC1CCOCC1)C(=O)OCc1ccccc1. The van der Waals surface area contributed by atoms with Gasteiger partial charge in [-0.25, -0.2) is 0 Å². The summed E-state index contributed by atoms with van der Waals surface area (Å²) in [6.45, 7) is 4.54. The van der Waals surface area contributed by atoms with Crippen molar-refractivity contribution in [2.75, 3.05) is 19.8 Å². The van der Waals surface area contributed by atoms with Crippen LogP contribution in [0.3, 0.4) is 0 Å². The number of rotatable bonds is 6. The number of ether oxygens (including phenoxy) is 2. The molecule has 0 spiro atoms. The fourth-order valence-electron chi connectivity index (χ4n) is 2.20. The second kappa shape index (κ2) is 8.02. The molecule has 0 saturated carbocycles. The van der Waals surface area contributed by atoms with E-state index < -0.39 is 0 Å². The summed E-state index contributed by atoms with van der Waals surface area (Å²) in [6.07, 6.45) is 2.04. The summed E-state index contributed by atoms with van der Waals surface area (Å²) in [5.74, 6) is -0.269. The van der Waals surface area contributed by atoms with Crippen molar-refractivity contribution in [3.05, 3.63) is 35.9 Å². The molecule has 1 fully saturated rings. The predicted molar refractivity (Wildman–Crippen MR) is 77.2 cm³/mol. The molecule has 1 atom stereocenters. The van der Waals surface area contributed by atoms with Gasteiger partial charge in [-0.2, -0.15) is 0 Å². The van der Waals surface area contributed by atoms with Crippen LogP contribution in [0.1, 0.15) is 25.3 Å². The van der Waals surface area contributed by atoms with Crippen LogP contribution in [0.15, 0.2) is 30.3 Å². The highest BCUT2D eigenvalue weighted by atomic mass is 16.5. The fourth-order valence-corrected chi connectivity index (χ4v) is 2.20. The highest BCUT2D eigenvalue weighted by Crippen LogP contribution is 2.08. The molecule has 1 aromatic rings. The van der Waals surface area contributed by atoms with Crippen molar-refractivity contribution in [3.63, 3.8) is 0 Å². The summed E-state index contributed by atoms with van der Waals surface area (Å²) in [7, 11) is 0. The number of hydrogen-bond acceptors (Lipinski definition) is 4. The van der Waals surface area contributed by atoms with E-state index in [-0.39, 0.29) is 11.9 Å². The van der Waals surface area contributed by atoms with Gasteiger partial charge < -0.3 is 14.8 Å². The zero-order valence-corrected chi connectivity index (χ0v) is 12.0. The minimum atomic E-state index is -0.145. The van der Waals surface area contributed by atoms with E-state index in [2.05, 4.69) is 5.32 Å². The van der Waals surface area contributed by atoms with Crippen LogP contribution in [0, 0.1) is 5.92 Å². The van der Waals surface area contributed by atoms with Gasteiger partial charge >= 0.3 is 5.97 Å². The van der Waals surface area contributed by atoms with Crippen molar-refractivity contribution in [3.8, 4) is 0 Å². The maximum atomic E-state index is 11.9. The normalized spacial score (nSPS) is 17.6. The molecule has 1 N–H and O–H groups in total. The smallest absolute Gasteiger partial charge is 0.310 e. The Morgan fingerprint density at radius 2 is 2.05 bits per heavy atom. The van der Waals surface area contributed by atoms with Crippen molar-refractivity contribution in [1.82, 2.24) is 5.32 Å². The van der Waals surface area contributed by atoms with Crippen molar-refractivity contribution in [1.29, 1.82) is 0 Å². The van der Waals surface area contributed by atoms with E-state index in [0.717, 1.165) is 31.6 Å². The molecule has 0 radical (unpaired) electrons. The van der Waals surface area contributed by atoms with E-state index in [0.29, 0.717) is 19.2 Å². The van der Waals surface area contributed by atoms with Crippen molar-refractivity contribution in [2.24, 2.45) is 5.92 Å². The summed E-state index contributed by atoms with van der Waals surface area (Å²) < 4.78 is 10.6. The zero-order chi connectivity index (χ0) is 14.2. The molecule has 1 aromatic carbocycles. The Balaban J connectivity index is 1.66. The summed E-state index contributed by atoms with van der Waals surface area (Å²) in [5.41, 5.74) is 1.02. The van der Waals surface area contributed by atoms with Crippen LogP contribution in [0.4, 0.5) is 0 Å². The van der Waals surface area contributed by atoms with E-state index in [9.17, 15) is 4.79 Å². The lowest BCUT2D eigenvalue weighted by molar-refractivity contribution is -0.149. The predicted octanol–water partition coefficient (Wildman–Crippen LogP) is 2.13. The second-order valence-corrected chi connectivity index (χ2v) is 5.29. The van der Waals surface area contributed by atoms with Gasteiger partial charge in [-0.05, 0) is 18.4 Å². The Morgan fingerprint density at radius 3 is 2.75 bits per heavy atom. The maximum absolute atomic E-state index is 11.9. The van der Waals surface area contributed by atoms with E-state index in [1.807, 2.05) is 37.3 Å². The molecule has 20 heavy (non-hydrogen) atoms. The standard InChI is InChI=1S/C16H23NO3/c1-13(11-17-15-7-9-19-10-8-15)16(18)20-12-14-5-3-2-4-6-14/h2-6,13,15,17H,7-12H2,1H3. The first-order valence-corrected chi connectivity index (χ1v) is 7.27. The van der Waals surface area contributed by atoms with Crippen LogP contribution < -0.4 is 5.32 Å². The minimum Gasteiger partial charge on any atom is -0.461 e. The molecule has 1 heterocycles. The third kappa shape index (κ3) is 4.94. The van der Waals surface area contributed by atoms with E-state index in [1.54, 1.807) is 0 Å². The Kier molecular flexibility index (Phi) is 6.02. The molecule has 0 amide bonds. The largest absolute Gasteiger partial charge is 0.461 e. The quantitative estimate of drug-likeness (QED) is 0.809. The number of esters is 1. The van der Waals surface area contributed by atoms with Crippen molar-refractivity contribution < 1.29 is 14.3 Å². The van der Waals surface area contributed by atoms with Crippen LogP contribution in [-0.2, 0) is 20.9 Å². The first kappa shape index (κ1) is 15.0. The Hall–Kier alpha value is -1.39. The van der Waals surface area contributed by atoms with Crippen LogP contribution in [0.2, 0.25) is 0 Å². The molecular weight excluding hydrogens is 254 g/mol. The van der Waals surface area contributed by atoms with Gasteiger partial charge in [-0.15, -0.1) is 0 Å². The van der Waals surface area contributed by atoms with Gasteiger partial charge in [0.15, 0.2) is 0 Å². The summed E-state index contributed by atoms with van der Waals surface area (Å²) in [5, 5.41) is 3.42. The zero-order valence-electron chi connectivity index (χ0n) is 12.0. The van der Waals surface area contributed by atoms with Gasteiger partial charge in [0.1, 0.15) is 6.61 Å². The number of carbonyl (C=O) groups excluding carboxylic acids is 1. The first-order chi connectivity index (χ1) is 9.75. The molecule has 0 bridgehead atoms. The number of carbonyl (C=O) groups is 1. The van der Waals surface area contributed by atoms with Crippen LogP contribution in [-0.4, -0.2) is 31.8 Å². The maximum Gasteiger partial charge on any atom is 0.310 e. The molecule has 110 valence electrons. The van der Waals surface area contributed by atoms with Gasteiger partial charge in [0.2, 0.25) is 0 Å². The molecule has 0 aliphatic carbocycles. The Bertz CT molecular complexity index is 401. The molecule has 0 aromatic heterocycles. The first-order valence-electron chi connectivity index (χ1n) is 7.27. The molecule has 4 heteroatoms. The van der Waals surface area contributed by atoms with E-state index >= 15 is 0 Å². The summed E-state index contributed by atoms with van der Waals surface area (Å²) in [4.78, 5) is 11.9. The van der Waals surface area contributed by atoms with Gasteiger partial charge in [0.05, 0.1) is 5.92 Å². The molecule has 1 unspecified atom stereocenters. The molecule has 4 nitrogen and oxygen atoms in total. The van der Waals surface area contributed by atoms with Crippen LogP contribution in [0.5, 0.6) is 0 Å². The lowest BCUT2D eigenvalue weighted by Gasteiger charge is -2.24. The van der Waals surface area contributed by atoms with Crippen molar-refractivity contribution >= 4 is 5.97 Å². The van der Waals surface area contributed by atoms with Crippen LogP contribution >= 0.6 is 0 Å². The van der Waals surface area contributed by atoms with Crippen molar-refractivity contribution in [2.45, 2.75) is 32.4 Å². The highest BCUT2D eigenvalue weighted by molar-refractivity contribution is 5.72. The van der Waals surface area contributed by atoms with Gasteiger partial charge in [0.25, 0.3) is 0 Å². The second-order valence-electron chi connectivity index (χ2n) is 5.29. The van der Waals surface area contributed by atoms with Gasteiger partial charge in [-0.3, -0.25) is 4.79 Å². The van der Waals surface area contributed by atoms with Gasteiger partial charge in [0, 0.05) is 25.8 Å². The average molecular weight is 277 g/mol. The molecule has 2 rings (SSSR count). The minimum absolute atomic E-state index is 0.124. The lowest BCUT2D eigenvalue weighted by atomic mass is 10.1. The lowest BCUT2D eigenvalue weighted by Crippen LogP contribution is -2.39. The molecule has 1 aliphatic rings. The fraction of sp³-hybridized carbons (Fsp3) is 0.562. The van der Waals surface area contributed by atoms with E-state index in [4.69, 9.17) is 9.47 Å². The number of benzene rings is 1. The molecule has 1 aliphatic heterocycles. The average Bonchev–Trinajstić information content (AvgIpc) is 2.52. The van der Waals surface area contributed by atoms with Gasteiger partial charge in [-0.1, -0.05) is 37.3 Å². The topological polar surface area (TPSA) is 47.6 Å². The number of hydrogen-bond donors (Lipinski definition) is 1. The van der Waals surface area contributed by atoms with Crippen LogP contribution in [0.25, 0.3) is 0 Å². The number of nitrogens with one attached hydrogen (secondary N) is 1. The Labute approximate surface area is 120 Å². The van der Waals surface area contributed by atoms with E-state index in [1.165, 1.54) is 0 Å². The third-order valence-electron chi connectivity index (χ3n) is 3.56. The third-order valence-corrected chi connectivity index (χ3v) is 3.56. The Morgan fingerprint density at radius 1 is 1.35 bits per heavy atom. The monoisotopic (exact) mass is 277 g/mol. The summed E-state index contributed by atoms with van der Waals surface area (Å²) in [6, 6.07) is 10.2.